The molecule has 1 unspecified atom stereocenters. The van der Waals surface area contributed by atoms with Gasteiger partial charge in [-0.05, 0) is 37.0 Å². The molecule has 74 valence electrons. The molecule has 0 saturated carbocycles. The lowest BCUT2D eigenvalue weighted by Gasteiger charge is -2.09. The molecule has 0 amide bonds. The molecule has 0 fully saturated rings. The largest absolute Gasteiger partial charge is 0.107 e. The van der Waals surface area contributed by atoms with Crippen LogP contribution in [0, 0.1) is 18.8 Å². The molecular formula is C13H15Br. The summed E-state index contributed by atoms with van der Waals surface area (Å²) in [5.41, 5.74) is 2.63. The molecule has 1 aromatic carbocycles. The predicted octanol–water partition coefficient (Wildman–Crippen LogP) is 4.27. The van der Waals surface area contributed by atoms with E-state index in [9.17, 15) is 0 Å². The van der Waals surface area contributed by atoms with Crippen molar-refractivity contribution in [2.24, 2.45) is 0 Å². The first-order valence-electron chi connectivity index (χ1n) is 4.80. The second kappa shape index (κ2) is 5.22. The molecule has 0 bridgehead atoms. The van der Waals surface area contributed by atoms with E-state index in [1.165, 1.54) is 15.6 Å². The smallest absolute Gasteiger partial charge is 0.0207 e. The van der Waals surface area contributed by atoms with Crippen LogP contribution in [-0.4, -0.2) is 0 Å². The summed E-state index contributed by atoms with van der Waals surface area (Å²) in [4.78, 5) is 0. The maximum absolute atomic E-state index is 3.55. The molecule has 0 N–H and O–H groups in total. The van der Waals surface area contributed by atoms with Crippen LogP contribution in [0.5, 0.6) is 0 Å². The van der Waals surface area contributed by atoms with Crippen molar-refractivity contribution in [3.63, 3.8) is 0 Å². The zero-order valence-corrected chi connectivity index (χ0v) is 10.5. The standard InChI is InChI=1S/C13H15Br/c1-4-5-6-10(2)12-8-7-11(3)13(14)9-12/h7-10H,6H2,1-3H3. The van der Waals surface area contributed by atoms with Crippen molar-refractivity contribution in [1.29, 1.82) is 0 Å². The van der Waals surface area contributed by atoms with E-state index in [1.807, 2.05) is 6.92 Å². The van der Waals surface area contributed by atoms with E-state index in [-0.39, 0.29) is 0 Å². The van der Waals surface area contributed by atoms with Crippen LogP contribution in [0.2, 0.25) is 0 Å². The molecule has 0 aliphatic carbocycles. The summed E-state index contributed by atoms with van der Waals surface area (Å²) in [5.74, 6) is 6.56. The van der Waals surface area contributed by atoms with Crippen LogP contribution < -0.4 is 0 Å². The average molecular weight is 251 g/mol. The Balaban J connectivity index is 2.83. The van der Waals surface area contributed by atoms with Gasteiger partial charge in [0, 0.05) is 10.9 Å². The molecule has 0 radical (unpaired) electrons. The van der Waals surface area contributed by atoms with Gasteiger partial charge in [-0.2, -0.15) is 0 Å². The summed E-state index contributed by atoms with van der Waals surface area (Å²) in [7, 11) is 0. The van der Waals surface area contributed by atoms with Crippen LogP contribution >= 0.6 is 15.9 Å². The quantitative estimate of drug-likeness (QED) is 0.688. The van der Waals surface area contributed by atoms with Crippen LogP contribution in [-0.2, 0) is 0 Å². The molecule has 1 heteroatoms. The zero-order chi connectivity index (χ0) is 10.6. The maximum Gasteiger partial charge on any atom is 0.0207 e. The minimum Gasteiger partial charge on any atom is -0.107 e. The van der Waals surface area contributed by atoms with Crippen molar-refractivity contribution in [3.8, 4) is 11.8 Å². The van der Waals surface area contributed by atoms with Crippen molar-refractivity contribution in [2.45, 2.75) is 33.1 Å². The molecular weight excluding hydrogens is 236 g/mol. The minimum absolute atomic E-state index is 0.513. The zero-order valence-electron chi connectivity index (χ0n) is 8.89. The number of rotatable bonds is 2. The topological polar surface area (TPSA) is 0 Å². The highest BCUT2D eigenvalue weighted by Crippen LogP contribution is 2.24. The first-order valence-corrected chi connectivity index (χ1v) is 5.60. The van der Waals surface area contributed by atoms with Gasteiger partial charge >= 0.3 is 0 Å². The van der Waals surface area contributed by atoms with Gasteiger partial charge in [0.1, 0.15) is 0 Å². The van der Waals surface area contributed by atoms with Crippen molar-refractivity contribution in [2.75, 3.05) is 0 Å². The van der Waals surface area contributed by atoms with Gasteiger partial charge in [-0.3, -0.25) is 0 Å². The fourth-order valence-electron chi connectivity index (χ4n) is 1.29. The summed E-state index contributed by atoms with van der Waals surface area (Å²) in [6.07, 6.45) is 0.937. The van der Waals surface area contributed by atoms with Gasteiger partial charge in [0.05, 0.1) is 0 Å². The Morgan fingerprint density at radius 3 is 2.71 bits per heavy atom. The SMILES string of the molecule is CC#CCC(C)c1ccc(C)c(Br)c1. The Labute approximate surface area is 94.9 Å². The summed E-state index contributed by atoms with van der Waals surface area (Å²) < 4.78 is 1.19. The molecule has 0 aromatic heterocycles. The number of hydrogen-bond acceptors (Lipinski definition) is 0. The van der Waals surface area contributed by atoms with Gasteiger partial charge < -0.3 is 0 Å². The van der Waals surface area contributed by atoms with Gasteiger partial charge in [-0.1, -0.05) is 35.0 Å². The van der Waals surface area contributed by atoms with Gasteiger partial charge in [-0.25, -0.2) is 0 Å². The highest BCUT2D eigenvalue weighted by molar-refractivity contribution is 9.10. The molecule has 1 atom stereocenters. The second-order valence-electron chi connectivity index (χ2n) is 3.54. The molecule has 0 aliphatic rings. The summed E-state index contributed by atoms with van der Waals surface area (Å²) in [6, 6.07) is 6.52. The Kier molecular flexibility index (Phi) is 4.22. The summed E-state index contributed by atoms with van der Waals surface area (Å²) in [6.45, 7) is 6.20. The average Bonchev–Trinajstić information content (AvgIpc) is 2.18. The molecule has 14 heavy (non-hydrogen) atoms. The van der Waals surface area contributed by atoms with E-state index in [0.29, 0.717) is 5.92 Å². The number of hydrogen-bond donors (Lipinski definition) is 0. The number of aryl methyl sites for hydroxylation is 1. The maximum atomic E-state index is 3.55. The van der Waals surface area contributed by atoms with E-state index >= 15 is 0 Å². The van der Waals surface area contributed by atoms with E-state index in [4.69, 9.17) is 0 Å². The van der Waals surface area contributed by atoms with Gasteiger partial charge in [0.15, 0.2) is 0 Å². The molecule has 1 aromatic rings. The Morgan fingerprint density at radius 2 is 2.14 bits per heavy atom. The van der Waals surface area contributed by atoms with Crippen LogP contribution in [0.1, 0.15) is 37.3 Å². The van der Waals surface area contributed by atoms with E-state index in [1.54, 1.807) is 0 Å². The lowest BCUT2D eigenvalue weighted by Crippen LogP contribution is -1.92. The predicted molar refractivity (Wildman–Crippen MR) is 65.4 cm³/mol. The highest BCUT2D eigenvalue weighted by Gasteiger charge is 2.04. The summed E-state index contributed by atoms with van der Waals surface area (Å²) in [5, 5.41) is 0. The van der Waals surface area contributed by atoms with Gasteiger partial charge in [0.2, 0.25) is 0 Å². The van der Waals surface area contributed by atoms with Gasteiger partial charge in [0.25, 0.3) is 0 Å². The first kappa shape index (κ1) is 11.3. The van der Waals surface area contributed by atoms with Crippen molar-refractivity contribution in [1.82, 2.24) is 0 Å². The molecule has 1 rings (SSSR count). The Morgan fingerprint density at radius 1 is 1.43 bits per heavy atom. The lowest BCUT2D eigenvalue weighted by molar-refractivity contribution is 0.794. The fraction of sp³-hybridized carbons (Fsp3) is 0.385. The van der Waals surface area contributed by atoms with Crippen LogP contribution in [0.25, 0.3) is 0 Å². The Hall–Kier alpha value is -0.740. The lowest BCUT2D eigenvalue weighted by atomic mass is 9.97. The van der Waals surface area contributed by atoms with Gasteiger partial charge in [-0.15, -0.1) is 11.8 Å². The second-order valence-corrected chi connectivity index (χ2v) is 4.39. The molecule has 0 heterocycles. The minimum atomic E-state index is 0.513. The number of halogens is 1. The molecule has 0 aliphatic heterocycles. The van der Waals surface area contributed by atoms with Crippen molar-refractivity contribution in [3.05, 3.63) is 33.8 Å². The number of benzene rings is 1. The van der Waals surface area contributed by atoms with E-state index < -0.39 is 0 Å². The monoisotopic (exact) mass is 250 g/mol. The van der Waals surface area contributed by atoms with E-state index in [0.717, 1.165) is 6.42 Å². The van der Waals surface area contributed by atoms with Crippen molar-refractivity contribution >= 4 is 15.9 Å². The van der Waals surface area contributed by atoms with Crippen LogP contribution in [0.3, 0.4) is 0 Å². The normalized spacial score (nSPS) is 11.7. The first-order chi connectivity index (χ1) is 6.65. The van der Waals surface area contributed by atoms with E-state index in [2.05, 4.69) is 59.8 Å². The Bertz CT molecular complexity index is 369. The molecule has 0 spiro atoms. The highest BCUT2D eigenvalue weighted by atomic mass is 79.9. The third-order valence-electron chi connectivity index (χ3n) is 2.35. The van der Waals surface area contributed by atoms with Crippen LogP contribution in [0.15, 0.2) is 22.7 Å². The molecule has 0 nitrogen and oxygen atoms in total. The third kappa shape index (κ3) is 2.89. The fourth-order valence-corrected chi connectivity index (χ4v) is 1.69. The van der Waals surface area contributed by atoms with Crippen LogP contribution in [0.4, 0.5) is 0 Å². The van der Waals surface area contributed by atoms with Crippen molar-refractivity contribution < 1.29 is 0 Å². The molecule has 0 saturated heterocycles. The third-order valence-corrected chi connectivity index (χ3v) is 3.20. The summed E-state index contributed by atoms with van der Waals surface area (Å²) >= 11 is 3.55.